The van der Waals surface area contributed by atoms with E-state index in [4.69, 9.17) is 14.2 Å². The Hall–Kier alpha value is -0.610. The number of rotatable bonds is 4. The maximum absolute atomic E-state index is 11.1. The van der Waals surface area contributed by atoms with E-state index in [1.54, 1.807) is 0 Å². The Morgan fingerprint density at radius 2 is 2.15 bits per heavy atom. The Kier molecular flexibility index (Phi) is 3.27. The van der Waals surface area contributed by atoms with Gasteiger partial charge in [-0.15, -0.1) is 0 Å². The number of hydrogen-bond acceptors (Lipinski definition) is 4. The molecule has 13 heavy (non-hydrogen) atoms. The smallest absolute Gasteiger partial charge is 0.332 e. The van der Waals surface area contributed by atoms with Crippen molar-refractivity contribution >= 4 is 5.97 Å². The van der Waals surface area contributed by atoms with E-state index in [1.165, 1.54) is 0 Å². The molecular formula is C9H16O4. The van der Waals surface area contributed by atoms with Crippen LogP contribution in [0.3, 0.4) is 0 Å². The average molecular weight is 188 g/mol. The highest BCUT2D eigenvalue weighted by Crippen LogP contribution is 2.09. The normalized spacial score (nSPS) is 21.3. The fraction of sp³-hybridized carbons (Fsp3) is 0.889. The molecular weight excluding hydrogens is 172 g/mol. The van der Waals surface area contributed by atoms with Crippen LogP contribution in [0.2, 0.25) is 0 Å². The van der Waals surface area contributed by atoms with Crippen molar-refractivity contribution in [2.75, 3.05) is 19.8 Å². The Bertz CT molecular complexity index is 179. The van der Waals surface area contributed by atoms with Crippen molar-refractivity contribution in [3.05, 3.63) is 0 Å². The third kappa shape index (κ3) is 5.60. The summed E-state index contributed by atoms with van der Waals surface area (Å²) in [6, 6.07) is 0. The Morgan fingerprint density at radius 1 is 1.54 bits per heavy atom. The van der Waals surface area contributed by atoms with Crippen molar-refractivity contribution in [3.63, 3.8) is 0 Å². The van der Waals surface area contributed by atoms with Gasteiger partial charge in [0.1, 0.15) is 18.3 Å². The molecule has 4 nitrogen and oxygen atoms in total. The lowest BCUT2D eigenvalue weighted by atomic mass is 10.2. The molecule has 1 unspecified atom stereocenters. The van der Waals surface area contributed by atoms with Gasteiger partial charge in [-0.3, -0.25) is 0 Å². The second kappa shape index (κ2) is 4.07. The summed E-state index contributed by atoms with van der Waals surface area (Å²) < 4.78 is 15.0. The van der Waals surface area contributed by atoms with E-state index >= 15 is 0 Å². The van der Waals surface area contributed by atoms with E-state index < -0.39 is 5.60 Å². The molecule has 1 fully saturated rings. The van der Waals surface area contributed by atoms with E-state index in [9.17, 15) is 4.79 Å². The molecule has 0 saturated carbocycles. The molecule has 0 N–H and O–H groups in total. The Morgan fingerprint density at radius 3 is 2.62 bits per heavy atom. The SMILES string of the molecule is CC(C)(C)OC(=O)COCC1CO1. The van der Waals surface area contributed by atoms with Crippen LogP contribution >= 0.6 is 0 Å². The summed E-state index contributed by atoms with van der Waals surface area (Å²) in [5, 5.41) is 0. The molecule has 0 bridgehead atoms. The first-order valence-electron chi connectivity index (χ1n) is 4.38. The lowest BCUT2D eigenvalue weighted by Gasteiger charge is -2.19. The third-order valence-electron chi connectivity index (χ3n) is 1.35. The fourth-order valence-electron chi connectivity index (χ4n) is 0.809. The molecule has 0 radical (unpaired) electrons. The second-order valence-corrected chi connectivity index (χ2v) is 4.06. The predicted molar refractivity (Wildman–Crippen MR) is 46.4 cm³/mol. The van der Waals surface area contributed by atoms with Gasteiger partial charge in [-0.2, -0.15) is 0 Å². The molecule has 0 aromatic carbocycles. The van der Waals surface area contributed by atoms with Crippen molar-refractivity contribution < 1.29 is 19.0 Å². The van der Waals surface area contributed by atoms with Crippen LogP contribution in [-0.2, 0) is 19.0 Å². The zero-order valence-electron chi connectivity index (χ0n) is 8.33. The van der Waals surface area contributed by atoms with Gasteiger partial charge in [0.2, 0.25) is 0 Å². The van der Waals surface area contributed by atoms with E-state index in [0.717, 1.165) is 6.61 Å². The Balaban J connectivity index is 2.02. The van der Waals surface area contributed by atoms with Gasteiger partial charge in [0.15, 0.2) is 0 Å². The van der Waals surface area contributed by atoms with Gasteiger partial charge in [-0.25, -0.2) is 4.79 Å². The van der Waals surface area contributed by atoms with Gasteiger partial charge in [-0.1, -0.05) is 0 Å². The zero-order valence-corrected chi connectivity index (χ0v) is 8.33. The van der Waals surface area contributed by atoms with Gasteiger partial charge >= 0.3 is 5.97 Å². The van der Waals surface area contributed by atoms with Crippen molar-refractivity contribution in [2.24, 2.45) is 0 Å². The second-order valence-electron chi connectivity index (χ2n) is 4.06. The number of esters is 1. The first-order chi connectivity index (χ1) is 5.97. The Labute approximate surface area is 78.2 Å². The first kappa shape index (κ1) is 10.5. The summed E-state index contributed by atoms with van der Waals surface area (Å²) in [6.45, 7) is 6.73. The quantitative estimate of drug-likeness (QED) is 0.482. The van der Waals surface area contributed by atoms with Crippen molar-refractivity contribution in [3.8, 4) is 0 Å². The molecule has 76 valence electrons. The largest absolute Gasteiger partial charge is 0.458 e. The predicted octanol–water partition coefficient (Wildman–Crippen LogP) is 0.743. The number of carbonyl (C=O) groups excluding carboxylic acids is 1. The van der Waals surface area contributed by atoms with Crippen LogP contribution in [0, 0.1) is 0 Å². The van der Waals surface area contributed by atoms with E-state index in [2.05, 4.69) is 0 Å². The standard InChI is InChI=1S/C9H16O4/c1-9(2,3)13-8(10)6-11-4-7-5-12-7/h7H,4-6H2,1-3H3. The first-order valence-corrected chi connectivity index (χ1v) is 4.38. The van der Waals surface area contributed by atoms with Gasteiger partial charge in [0.25, 0.3) is 0 Å². The molecule has 0 amide bonds. The fourth-order valence-corrected chi connectivity index (χ4v) is 0.809. The van der Waals surface area contributed by atoms with E-state index in [0.29, 0.717) is 6.61 Å². The number of ether oxygens (including phenoxy) is 3. The number of epoxide rings is 1. The lowest BCUT2D eigenvalue weighted by molar-refractivity contribution is -0.160. The molecule has 0 aromatic heterocycles. The maximum atomic E-state index is 11.1. The number of hydrogen-bond donors (Lipinski definition) is 0. The zero-order chi connectivity index (χ0) is 9.90. The molecule has 1 aliphatic heterocycles. The van der Waals surface area contributed by atoms with Gasteiger partial charge < -0.3 is 14.2 Å². The summed E-state index contributed by atoms with van der Waals surface area (Å²) in [5.74, 6) is -0.326. The highest BCUT2D eigenvalue weighted by molar-refractivity contribution is 5.71. The minimum Gasteiger partial charge on any atom is -0.458 e. The van der Waals surface area contributed by atoms with Crippen LogP contribution in [0.4, 0.5) is 0 Å². The summed E-state index contributed by atoms with van der Waals surface area (Å²) >= 11 is 0. The van der Waals surface area contributed by atoms with Crippen molar-refractivity contribution in [1.29, 1.82) is 0 Å². The molecule has 4 heteroatoms. The van der Waals surface area contributed by atoms with Crippen LogP contribution in [0.25, 0.3) is 0 Å². The topological polar surface area (TPSA) is 48.1 Å². The summed E-state index contributed by atoms with van der Waals surface area (Å²) in [7, 11) is 0. The van der Waals surface area contributed by atoms with Crippen molar-refractivity contribution in [1.82, 2.24) is 0 Å². The minimum absolute atomic E-state index is 0.0110. The van der Waals surface area contributed by atoms with Gasteiger partial charge in [-0.05, 0) is 20.8 Å². The number of carbonyl (C=O) groups is 1. The molecule has 0 aromatic rings. The van der Waals surface area contributed by atoms with Gasteiger partial charge in [0.05, 0.1) is 13.2 Å². The molecule has 1 aliphatic rings. The van der Waals surface area contributed by atoms with Crippen LogP contribution in [0.15, 0.2) is 0 Å². The maximum Gasteiger partial charge on any atom is 0.332 e. The monoisotopic (exact) mass is 188 g/mol. The highest BCUT2D eigenvalue weighted by atomic mass is 16.6. The summed E-state index contributed by atoms with van der Waals surface area (Å²) in [5.41, 5.74) is -0.434. The van der Waals surface area contributed by atoms with Crippen LogP contribution in [0.5, 0.6) is 0 Å². The average Bonchev–Trinajstić information content (AvgIpc) is 2.66. The van der Waals surface area contributed by atoms with Gasteiger partial charge in [0, 0.05) is 0 Å². The summed E-state index contributed by atoms with van der Waals surface area (Å²) in [6.07, 6.45) is 0.197. The molecule has 1 saturated heterocycles. The van der Waals surface area contributed by atoms with Crippen molar-refractivity contribution in [2.45, 2.75) is 32.5 Å². The summed E-state index contributed by atoms with van der Waals surface area (Å²) in [4.78, 5) is 11.1. The van der Waals surface area contributed by atoms with Crippen LogP contribution in [-0.4, -0.2) is 37.5 Å². The molecule has 0 spiro atoms. The van der Waals surface area contributed by atoms with E-state index in [1.807, 2.05) is 20.8 Å². The lowest BCUT2D eigenvalue weighted by Crippen LogP contribution is -2.27. The highest BCUT2D eigenvalue weighted by Gasteiger charge is 2.23. The minimum atomic E-state index is -0.434. The third-order valence-corrected chi connectivity index (χ3v) is 1.35. The van der Waals surface area contributed by atoms with Crippen LogP contribution in [0.1, 0.15) is 20.8 Å². The van der Waals surface area contributed by atoms with Crippen LogP contribution < -0.4 is 0 Å². The molecule has 1 heterocycles. The molecule has 1 atom stereocenters. The van der Waals surface area contributed by atoms with E-state index in [-0.39, 0.29) is 18.7 Å². The molecule has 0 aliphatic carbocycles. The molecule has 1 rings (SSSR count).